The van der Waals surface area contributed by atoms with Gasteiger partial charge >= 0.3 is 0 Å². The van der Waals surface area contributed by atoms with Crippen molar-refractivity contribution in [1.82, 2.24) is 20.2 Å². The Bertz CT molecular complexity index is 352. The first-order chi connectivity index (χ1) is 8.29. The van der Waals surface area contributed by atoms with E-state index >= 15 is 0 Å². The number of carbonyl (C=O) groups excluding carboxylic acids is 1. The van der Waals surface area contributed by atoms with E-state index in [9.17, 15) is 4.79 Å². The standard InChI is InChI=1S/C11H18N4O2/c1-17-10-7-13-6-9(10)14-11(16)2-4-15-5-3-12-8-15/h3,5,8-10,13H,2,4,6-7H2,1H3,(H,14,16)/t9?,10-/m0/s1. The number of nitrogens with zero attached hydrogens (tertiary/aromatic N) is 2. The first kappa shape index (κ1) is 12.1. The Morgan fingerprint density at radius 1 is 1.65 bits per heavy atom. The monoisotopic (exact) mass is 238 g/mol. The van der Waals surface area contributed by atoms with Crippen LogP contribution in [0.1, 0.15) is 6.42 Å². The van der Waals surface area contributed by atoms with Gasteiger partial charge in [0.2, 0.25) is 5.91 Å². The van der Waals surface area contributed by atoms with Gasteiger partial charge in [-0.05, 0) is 0 Å². The maximum Gasteiger partial charge on any atom is 0.222 e. The molecule has 2 heterocycles. The number of methoxy groups -OCH3 is 1. The van der Waals surface area contributed by atoms with Crippen molar-refractivity contribution >= 4 is 5.91 Å². The fourth-order valence-corrected chi connectivity index (χ4v) is 1.97. The lowest BCUT2D eigenvalue weighted by atomic mass is 10.2. The Balaban J connectivity index is 1.73. The highest BCUT2D eigenvalue weighted by Crippen LogP contribution is 2.04. The third-order valence-corrected chi connectivity index (χ3v) is 2.96. The van der Waals surface area contributed by atoms with Gasteiger partial charge in [0.05, 0.1) is 18.5 Å². The van der Waals surface area contributed by atoms with Gasteiger partial charge in [0, 0.05) is 45.6 Å². The van der Waals surface area contributed by atoms with Gasteiger partial charge < -0.3 is 19.9 Å². The van der Waals surface area contributed by atoms with Crippen LogP contribution in [0.15, 0.2) is 18.7 Å². The first-order valence-electron chi connectivity index (χ1n) is 5.78. The highest BCUT2D eigenvalue weighted by atomic mass is 16.5. The molecule has 1 saturated heterocycles. The summed E-state index contributed by atoms with van der Waals surface area (Å²) in [5, 5.41) is 6.18. The molecule has 1 aliphatic heterocycles. The Kier molecular flexibility index (Phi) is 4.11. The van der Waals surface area contributed by atoms with Crippen molar-refractivity contribution in [3.8, 4) is 0 Å². The van der Waals surface area contributed by atoms with Crippen molar-refractivity contribution in [3.63, 3.8) is 0 Å². The zero-order valence-corrected chi connectivity index (χ0v) is 9.93. The molecule has 1 aromatic rings. The zero-order valence-electron chi connectivity index (χ0n) is 9.93. The second-order valence-corrected chi connectivity index (χ2v) is 4.16. The van der Waals surface area contributed by atoms with Gasteiger partial charge in [-0.25, -0.2) is 4.98 Å². The maximum atomic E-state index is 11.7. The average molecular weight is 238 g/mol. The highest BCUT2D eigenvalue weighted by Gasteiger charge is 2.27. The summed E-state index contributed by atoms with van der Waals surface area (Å²) in [6.45, 7) is 2.22. The molecule has 6 heteroatoms. The van der Waals surface area contributed by atoms with Crippen LogP contribution in [0.5, 0.6) is 0 Å². The van der Waals surface area contributed by atoms with Gasteiger partial charge in [-0.3, -0.25) is 4.79 Å². The van der Waals surface area contributed by atoms with E-state index < -0.39 is 0 Å². The predicted molar refractivity (Wildman–Crippen MR) is 62.4 cm³/mol. The first-order valence-corrected chi connectivity index (χ1v) is 5.78. The molecule has 2 rings (SSSR count). The van der Waals surface area contributed by atoms with E-state index in [4.69, 9.17) is 4.74 Å². The zero-order chi connectivity index (χ0) is 12.1. The van der Waals surface area contributed by atoms with Crippen molar-refractivity contribution in [3.05, 3.63) is 18.7 Å². The number of rotatable bonds is 5. The fraction of sp³-hybridized carbons (Fsp3) is 0.636. The smallest absolute Gasteiger partial charge is 0.222 e. The maximum absolute atomic E-state index is 11.7. The van der Waals surface area contributed by atoms with Gasteiger partial charge in [-0.1, -0.05) is 0 Å². The van der Waals surface area contributed by atoms with Crippen molar-refractivity contribution in [1.29, 1.82) is 0 Å². The van der Waals surface area contributed by atoms with E-state index in [1.165, 1.54) is 0 Å². The molecule has 2 N–H and O–H groups in total. The molecule has 0 aromatic carbocycles. The molecule has 0 spiro atoms. The van der Waals surface area contributed by atoms with Crippen LogP contribution in [0, 0.1) is 0 Å². The molecule has 17 heavy (non-hydrogen) atoms. The van der Waals surface area contributed by atoms with Crippen molar-refractivity contribution in [2.24, 2.45) is 0 Å². The number of hydrogen-bond donors (Lipinski definition) is 2. The highest BCUT2D eigenvalue weighted by molar-refractivity contribution is 5.76. The van der Waals surface area contributed by atoms with Gasteiger partial charge in [-0.15, -0.1) is 0 Å². The van der Waals surface area contributed by atoms with E-state index in [0.717, 1.165) is 13.1 Å². The lowest BCUT2D eigenvalue weighted by Gasteiger charge is -2.18. The number of carbonyl (C=O) groups is 1. The number of aryl methyl sites for hydroxylation is 1. The van der Waals surface area contributed by atoms with Gasteiger partial charge in [0.25, 0.3) is 0 Å². The van der Waals surface area contributed by atoms with E-state index in [1.807, 2.05) is 10.8 Å². The van der Waals surface area contributed by atoms with Gasteiger partial charge in [0.15, 0.2) is 0 Å². The van der Waals surface area contributed by atoms with Crippen LogP contribution in [0.2, 0.25) is 0 Å². The van der Waals surface area contributed by atoms with E-state index in [0.29, 0.717) is 13.0 Å². The SMILES string of the molecule is CO[C@H]1CNCC1NC(=O)CCn1ccnc1. The summed E-state index contributed by atoms with van der Waals surface area (Å²) in [5.41, 5.74) is 0. The molecule has 2 atom stereocenters. The van der Waals surface area contributed by atoms with Crippen molar-refractivity contribution in [2.45, 2.75) is 25.1 Å². The lowest BCUT2D eigenvalue weighted by molar-refractivity contribution is -0.122. The van der Waals surface area contributed by atoms with Gasteiger partial charge in [0.1, 0.15) is 0 Å². The van der Waals surface area contributed by atoms with E-state index in [1.54, 1.807) is 19.6 Å². The number of amides is 1. The molecule has 94 valence electrons. The van der Waals surface area contributed by atoms with Crippen molar-refractivity contribution in [2.75, 3.05) is 20.2 Å². The largest absolute Gasteiger partial charge is 0.378 e. The quantitative estimate of drug-likeness (QED) is 0.717. The Hall–Kier alpha value is -1.40. The van der Waals surface area contributed by atoms with Gasteiger partial charge in [-0.2, -0.15) is 0 Å². The molecule has 6 nitrogen and oxygen atoms in total. The lowest BCUT2D eigenvalue weighted by Crippen LogP contribution is -2.43. The molecular formula is C11H18N4O2. The molecule has 1 unspecified atom stereocenters. The molecule has 1 amide bonds. The summed E-state index contributed by atoms with van der Waals surface area (Å²) in [6.07, 6.45) is 5.81. The molecule has 1 fully saturated rings. The second-order valence-electron chi connectivity index (χ2n) is 4.16. The topological polar surface area (TPSA) is 68.2 Å². The van der Waals surface area contributed by atoms with Crippen LogP contribution < -0.4 is 10.6 Å². The third-order valence-electron chi connectivity index (χ3n) is 2.96. The molecule has 0 saturated carbocycles. The minimum absolute atomic E-state index is 0.0504. The Morgan fingerprint density at radius 3 is 3.24 bits per heavy atom. The third kappa shape index (κ3) is 3.28. The second kappa shape index (κ2) is 5.79. The summed E-state index contributed by atoms with van der Waals surface area (Å²) in [6, 6.07) is 0.0790. The van der Waals surface area contributed by atoms with Crippen LogP contribution in [-0.4, -0.2) is 47.8 Å². The van der Waals surface area contributed by atoms with Crippen LogP contribution in [0.4, 0.5) is 0 Å². The summed E-state index contributed by atoms with van der Waals surface area (Å²) in [4.78, 5) is 15.7. The predicted octanol–water partition coefficient (Wildman–Crippen LogP) is -0.624. The number of imidazole rings is 1. The Morgan fingerprint density at radius 2 is 2.53 bits per heavy atom. The van der Waals surface area contributed by atoms with E-state index in [-0.39, 0.29) is 18.1 Å². The van der Waals surface area contributed by atoms with Crippen molar-refractivity contribution < 1.29 is 9.53 Å². The van der Waals surface area contributed by atoms with Crippen LogP contribution in [-0.2, 0) is 16.1 Å². The molecular weight excluding hydrogens is 220 g/mol. The summed E-state index contributed by atoms with van der Waals surface area (Å²) in [7, 11) is 1.67. The molecule has 1 aliphatic rings. The number of aromatic nitrogens is 2. The minimum Gasteiger partial charge on any atom is -0.378 e. The number of hydrogen-bond acceptors (Lipinski definition) is 4. The summed E-state index contributed by atoms with van der Waals surface area (Å²) in [5.74, 6) is 0.0504. The fourth-order valence-electron chi connectivity index (χ4n) is 1.97. The number of ether oxygens (including phenoxy) is 1. The van der Waals surface area contributed by atoms with Crippen LogP contribution >= 0.6 is 0 Å². The Labute approximate surface area is 100 Å². The van der Waals surface area contributed by atoms with E-state index in [2.05, 4.69) is 15.6 Å². The molecule has 0 aliphatic carbocycles. The number of nitrogens with one attached hydrogen (secondary N) is 2. The minimum atomic E-state index is 0.0504. The summed E-state index contributed by atoms with van der Waals surface area (Å²) >= 11 is 0. The average Bonchev–Trinajstić information content (AvgIpc) is 2.97. The molecule has 1 aromatic heterocycles. The normalized spacial score (nSPS) is 23.8. The van der Waals surface area contributed by atoms with Crippen LogP contribution in [0.3, 0.4) is 0 Å². The van der Waals surface area contributed by atoms with Crippen LogP contribution in [0.25, 0.3) is 0 Å². The molecule has 0 radical (unpaired) electrons. The molecule has 0 bridgehead atoms. The summed E-state index contributed by atoms with van der Waals surface area (Å²) < 4.78 is 7.17.